The van der Waals surface area contributed by atoms with E-state index in [1.807, 2.05) is 20.8 Å². The van der Waals surface area contributed by atoms with Crippen molar-refractivity contribution in [1.29, 1.82) is 0 Å². The highest BCUT2D eigenvalue weighted by atomic mass is 19.1. The molecule has 0 bridgehead atoms. The first-order valence-corrected chi connectivity index (χ1v) is 6.55. The lowest BCUT2D eigenvalue weighted by atomic mass is 10.1. The van der Waals surface area contributed by atoms with Gasteiger partial charge < -0.3 is 15.0 Å². The summed E-state index contributed by atoms with van der Waals surface area (Å²) in [7, 11) is 3.33. The van der Waals surface area contributed by atoms with Crippen molar-refractivity contribution in [3.8, 4) is 5.75 Å². The normalized spacial score (nSPS) is 11.3. The quantitative estimate of drug-likeness (QED) is 0.900. The minimum Gasteiger partial charge on any atom is -0.483 e. The second-order valence-corrected chi connectivity index (χ2v) is 5.93. The molecule has 1 amide bonds. The molecule has 0 unspecified atom stereocenters. The van der Waals surface area contributed by atoms with Gasteiger partial charge in [0, 0.05) is 31.7 Å². The molecule has 1 aromatic rings. The van der Waals surface area contributed by atoms with Gasteiger partial charge >= 0.3 is 0 Å². The Morgan fingerprint density at radius 3 is 2.55 bits per heavy atom. The van der Waals surface area contributed by atoms with Crippen LogP contribution in [0.25, 0.3) is 0 Å². The van der Waals surface area contributed by atoms with Crippen molar-refractivity contribution < 1.29 is 13.9 Å². The second kappa shape index (κ2) is 6.70. The van der Waals surface area contributed by atoms with Crippen LogP contribution in [0.5, 0.6) is 5.75 Å². The molecule has 0 heterocycles. The van der Waals surface area contributed by atoms with Crippen LogP contribution in [0.4, 0.5) is 4.39 Å². The summed E-state index contributed by atoms with van der Waals surface area (Å²) in [5.74, 6) is 0.0735. The SMILES string of the molecule is CN(C)C(=O)COc1ccc(F)cc1CNC(C)(C)C. The van der Waals surface area contributed by atoms with Crippen LogP contribution in [0.15, 0.2) is 18.2 Å². The Labute approximate surface area is 119 Å². The molecular weight excluding hydrogens is 259 g/mol. The van der Waals surface area contributed by atoms with Gasteiger partial charge in [0.2, 0.25) is 0 Å². The van der Waals surface area contributed by atoms with Crippen molar-refractivity contribution in [3.05, 3.63) is 29.6 Å². The maximum atomic E-state index is 13.3. The minimum atomic E-state index is -0.318. The number of halogens is 1. The van der Waals surface area contributed by atoms with Crippen molar-refractivity contribution in [2.45, 2.75) is 32.9 Å². The van der Waals surface area contributed by atoms with E-state index in [-0.39, 0.29) is 23.9 Å². The monoisotopic (exact) mass is 282 g/mol. The molecule has 0 radical (unpaired) electrons. The topological polar surface area (TPSA) is 41.6 Å². The summed E-state index contributed by atoms with van der Waals surface area (Å²) >= 11 is 0. The van der Waals surface area contributed by atoms with Gasteiger partial charge in [-0.1, -0.05) is 0 Å². The van der Waals surface area contributed by atoms with Gasteiger partial charge in [-0.05, 0) is 39.0 Å². The number of hydrogen-bond donors (Lipinski definition) is 1. The van der Waals surface area contributed by atoms with E-state index in [0.717, 1.165) is 0 Å². The van der Waals surface area contributed by atoms with Crippen LogP contribution in [0, 0.1) is 5.82 Å². The van der Waals surface area contributed by atoms with Crippen LogP contribution < -0.4 is 10.1 Å². The predicted molar refractivity (Wildman–Crippen MR) is 77.2 cm³/mol. The van der Waals surface area contributed by atoms with E-state index in [4.69, 9.17) is 4.74 Å². The number of amides is 1. The third kappa shape index (κ3) is 5.57. The number of ether oxygens (including phenoxy) is 1. The number of hydrogen-bond acceptors (Lipinski definition) is 3. The Balaban J connectivity index is 2.77. The molecule has 1 N–H and O–H groups in total. The summed E-state index contributed by atoms with van der Waals surface area (Å²) in [6.07, 6.45) is 0. The Morgan fingerprint density at radius 2 is 2.00 bits per heavy atom. The lowest BCUT2D eigenvalue weighted by Crippen LogP contribution is -2.35. The Kier molecular flexibility index (Phi) is 5.51. The fraction of sp³-hybridized carbons (Fsp3) is 0.533. The first-order valence-electron chi connectivity index (χ1n) is 6.55. The summed E-state index contributed by atoms with van der Waals surface area (Å²) in [6, 6.07) is 4.31. The summed E-state index contributed by atoms with van der Waals surface area (Å²) < 4.78 is 18.8. The number of likely N-dealkylation sites (N-methyl/N-ethyl adjacent to an activating group) is 1. The van der Waals surface area contributed by atoms with Crippen LogP contribution in [-0.2, 0) is 11.3 Å². The molecule has 0 saturated heterocycles. The van der Waals surface area contributed by atoms with Gasteiger partial charge in [0.15, 0.2) is 6.61 Å². The maximum Gasteiger partial charge on any atom is 0.259 e. The average Bonchev–Trinajstić information content (AvgIpc) is 2.33. The highest BCUT2D eigenvalue weighted by Crippen LogP contribution is 2.20. The first kappa shape index (κ1) is 16.4. The maximum absolute atomic E-state index is 13.3. The van der Waals surface area contributed by atoms with Crippen LogP contribution in [0.2, 0.25) is 0 Å². The zero-order valence-electron chi connectivity index (χ0n) is 12.8. The van der Waals surface area contributed by atoms with E-state index in [1.54, 1.807) is 20.2 Å². The summed E-state index contributed by atoms with van der Waals surface area (Å²) in [6.45, 7) is 6.51. The number of nitrogens with zero attached hydrogens (tertiary/aromatic N) is 1. The third-order valence-corrected chi connectivity index (χ3v) is 2.68. The predicted octanol–water partition coefficient (Wildman–Crippen LogP) is 2.18. The molecule has 1 aromatic carbocycles. The lowest BCUT2D eigenvalue weighted by molar-refractivity contribution is -0.130. The summed E-state index contributed by atoms with van der Waals surface area (Å²) in [4.78, 5) is 13.0. The molecule has 5 heteroatoms. The highest BCUT2D eigenvalue weighted by Gasteiger charge is 2.13. The van der Waals surface area contributed by atoms with Crippen LogP contribution in [0.1, 0.15) is 26.3 Å². The second-order valence-electron chi connectivity index (χ2n) is 5.93. The zero-order valence-corrected chi connectivity index (χ0v) is 12.8. The van der Waals surface area contributed by atoms with Gasteiger partial charge in [-0.25, -0.2) is 4.39 Å². The van der Waals surface area contributed by atoms with Crippen molar-refractivity contribution in [2.24, 2.45) is 0 Å². The van der Waals surface area contributed by atoms with Crippen LogP contribution in [-0.4, -0.2) is 37.0 Å². The fourth-order valence-corrected chi connectivity index (χ4v) is 1.46. The van der Waals surface area contributed by atoms with Gasteiger partial charge in [0.1, 0.15) is 11.6 Å². The molecule has 0 atom stereocenters. The molecule has 1 rings (SSSR count). The fourth-order valence-electron chi connectivity index (χ4n) is 1.46. The molecule has 0 aliphatic heterocycles. The zero-order chi connectivity index (χ0) is 15.3. The number of benzene rings is 1. The van der Waals surface area contributed by atoms with Crippen molar-refractivity contribution in [1.82, 2.24) is 10.2 Å². The van der Waals surface area contributed by atoms with Gasteiger partial charge in [0.05, 0.1) is 0 Å². The van der Waals surface area contributed by atoms with Crippen LogP contribution >= 0.6 is 0 Å². The van der Waals surface area contributed by atoms with E-state index in [2.05, 4.69) is 5.32 Å². The third-order valence-electron chi connectivity index (χ3n) is 2.68. The van der Waals surface area contributed by atoms with Crippen LogP contribution in [0.3, 0.4) is 0 Å². The first-order chi connectivity index (χ1) is 9.19. The summed E-state index contributed by atoms with van der Waals surface area (Å²) in [5, 5.41) is 3.27. The summed E-state index contributed by atoms with van der Waals surface area (Å²) in [5.41, 5.74) is 0.620. The molecule has 4 nitrogen and oxygen atoms in total. The van der Waals surface area contributed by atoms with Crippen molar-refractivity contribution >= 4 is 5.91 Å². The van der Waals surface area contributed by atoms with Gasteiger partial charge in [-0.2, -0.15) is 0 Å². The highest BCUT2D eigenvalue weighted by molar-refractivity contribution is 5.77. The average molecular weight is 282 g/mol. The molecule has 112 valence electrons. The van der Waals surface area contributed by atoms with Crippen molar-refractivity contribution in [2.75, 3.05) is 20.7 Å². The smallest absolute Gasteiger partial charge is 0.259 e. The van der Waals surface area contributed by atoms with E-state index < -0.39 is 0 Å². The Morgan fingerprint density at radius 1 is 1.35 bits per heavy atom. The molecule has 20 heavy (non-hydrogen) atoms. The molecule has 0 spiro atoms. The van der Waals surface area contributed by atoms with Gasteiger partial charge in [-0.15, -0.1) is 0 Å². The molecule has 0 saturated carbocycles. The molecular formula is C15H23FN2O2. The Bertz CT molecular complexity index is 467. The molecule has 0 aliphatic carbocycles. The van der Waals surface area contributed by atoms with E-state index in [1.165, 1.54) is 17.0 Å². The number of rotatable bonds is 5. The molecule has 0 aliphatic rings. The number of carbonyl (C=O) groups excluding carboxylic acids is 1. The van der Waals surface area contributed by atoms with Crippen molar-refractivity contribution in [3.63, 3.8) is 0 Å². The Hall–Kier alpha value is -1.62. The van der Waals surface area contributed by atoms with Gasteiger partial charge in [0.25, 0.3) is 5.91 Å². The molecule has 0 aromatic heterocycles. The van der Waals surface area contributed by atoms with E-state index in [9.17, 15) is 9.18 Å². The minimum absolute atomic E-state index is 0.0544. The standard InChI is InChI=1S/C15H23FN2O2/c1-15(2,3)17-9-11-8-12(16)6-7-13(11)20-10-14(19)18(4)5/h6-8,17H,9-10H2,1-5H3. The molecule has 0 fully saturated rings. The van der Waals surface area contributed by atoms with E-state index in [0.29, 0.717) is 17.9 Å². The largest absolute Gasteiger partial charge is 0.483 e. The van der Waals surface area contributed by atoms with Gasteiger partial charge in [-0.3, -0.25) is 4.79 Å². The van der Waals surface area contributed by atoms with E-state index >= 15 is 0 Å². The number of carbonyl (C=O) groups is 1. The number of nitrogens with one attached hydrogen (secondary N) is 1. The lowest BCUT2D eigenvalue weighted by Gasteiger charge is -2.22.